The Morgan fingerprint density at radius 3 is 2.68 bits per heavy atom. The summed E-state index contributed by atoms with van der Waals surface area (Å²) in [6.07, 6.45) is 0.525. The van der Waals surface area contributed by atoms with E-state index < -0.39 is 32.7 Å². The Bertz CT molecular complexity index is 1560. The summed E-state index contributed by atoms with van der Waals surface area (Å²) in [6.45, 7) is 1.50. The van der Waals surface area contributed by atoms with Crippen molar-refractivity contribution < 1.29 is 27.0 Å². The predicted molar refractivity (Wildman–Crippen MR) is 116 cm³/mol. The number of pyridine rings is 1. The van der Waals surface area contributed by atoms with Crippen LogP contribution in [0.5, 0.6) is 5.88 Å². The number of methoxy groups -OCH3 is 1. The Labute approximate surface area is 192 Å². The number of hydrogen-bond donors (Lipinski definition) is 2. The van der Waals surface area contributed by atoms with Gasteiger partial charge in [-0.15, -0.1) is 10.2 Å². The topological polar surface area (TPSA) is 132 Å². The van der Waals surface area contributed by atoms with Crippen LogP contribution in [0.1, 0.15) is 12.7 Å². The van der Waals surface area contributed by atoms with E-state index in [9.17, 15) is 22.3 Å². The van der Waals surface area contributed by atoms with Gasteiger partial charge < -0.3 is 9.84 Å². The van der Waals surface area contributed by atoms with Crippen LogP contribution in [-0.2, 0) is 10.0 Å². The van der Waals surface area contributed by atoms with Gasteiger partial charge in [0.1, 0.15) is 28.3 Å². The number of ether oxygens (including phenoxy) is 1. The van der Waals surface area contributed by atoms with Crippen molar-refractivity contribution in [1.29, 1.82) is 0 Å². The molecular formula is C21H16F2N6O4S. The van der Waals surface area contributed by atoms with E-state index in [1.165, 1.54) is 30.8 Å². The molecule has 0 bridgehead atoms. The third-order valence-corrected chi connectivity index (χ3v) is 5.82. The number of benzene rings is 1. The fourth-order valence-corrected chi connectivity index (χ4v) is 4.02. The Kier molecular flexibility index (Phi) is 6.10. The summed E-state index contributed by atoms with van der Waals surface area (Å²) in [5.74, 6) is 3.17. The molecule has 34 heavy (non-hydrogen) atoms. The third kappa shape index (κ3) is 4.63. The fourth-order valence-electron chi connectivity index (χ4n) is 2.91. The second kappa shape index (κ2) is 9.00. The van der Waals surface area contributed by atoms with Gasteiger partial charge in [0.15, 0.2) is 5.65 Å². The molecule has 174 valence electrons. The van der Waals surface area contributed by atoms with Crippen LogP contribution in [0, 0.1) is 23.5 Å². The lowest BCUT2D eigenvalue weighted by atomic mass is 10.2. The fraction of sp³-hybridized carbons (Fsp3) is 0.143. The average Bonchev–Trinajstić information content (AvgIpc) is 3.19. The van der Waals surface area contributed by atoms with Gasteiger partial charge in [-0.1, -0.05) is 5.92 Å². The van der Waals surface area contributed by atoms with Crippen LogP contribution in [0.4, 0.5) is 14.5 Å². The van der Waals surface area contributed by atoms with Crippen molar-refractivity contribution in [3.8, 4) is 29.0 Å². The first-order valence-corrected chi connectivity index (χ1v) is 11.1. The number of rotatable bonds is 5. The quantitative estimate of drug-likeness (QED) is 0.410. The van der Waals surface area contributed by atoms with Crippen LogP contribution in [0.2, 0.25) is 0 Å². The number of halogens is 2. The van der Waals surface area contributed by atoms with Gasteiger partial charge in [0, 0.05) is 17.8 Å². The molecule has 3 aromatic heterocycles. The van der Waals surface area contributed by atoms with Gasteiger partial charge in [-0.25, -0.2) is 22.2 Å². The lowest BCUT2D eigenvalue weighted by Gasteiger charge is -2.13. The average molecular weight is 486 g/mol. The zero-order valence-corrected chi connectivity index (χ0v) is 18.5. The SMILES string of the molecule is COc1ncc(-c2ccc3nnc(C#CC(C)O)n3n2)cc1NS(=O)(=O)c1ccc(F)cc1F. The van der Waals surface area contributed by atoms with Crippen LogP contribution in [0.3, 0.4) is 0 Å². The normalized spacial score (nSPS) is 12.1. The van der Waals surface area contributed by atoms with E-state index in [1.54, 1.807) is 12.1 Å². The zero-order chi connectivity index (χ0) is 24.5. The maximum atomic E-state index is 14.1. The molecule has 0 spiro atoms. The molecule has 0 aliphatic rings. The van der Waals surface area contributed by atoms with Crippen molar-refractivity contribution in [1.82, 2.24) is 24.8 Å². The van der Waals surface area contributed by atoms with Crippen molar-refractivity contribution in [3.63, 3.8) is 0 Å². The second-order valence-electron chi connectivity index (χ2n) is 6.92. The molecule has 10 nitrogen and oxygen atoms in total. The highest BCUT2D eigenvalue weighted by molar-refractivity contribution is 7.92. The monoisotopic (exact) mass is 486 g/mol. The second-order valence-corrected chi connectivity index (χ2v) is 8.57. The molecule has 2 N–H and O–H groups in total. The molecule has 0 aliphatic heterocycles. The van der Waals surface area contributed by atoms with Gasteiger partial charge in [0.25, 0.3) is 10.0 Å². The number of aliphatic hydroxyl groups is 1. The van der Waals surface area contributed by atoms with E-state index in [0.717, 1.165) is 12.1 Å². The molecule has 13 heteroatoms. The number of aromatic nitrogens is 5. The summed E-state index contributed by atoms with van der Waals surface area (Å²) < 4.78 is 61.4. The largest absolute Gasteiger partial charge is 0.480 e. The molecule has 1 atom stereocenters. The van der Waals surface area contributed by atoms with Crippen molar-refractivity contribution in [2.45, 2.75) is 17.9 Å². The molecule has 0 amide bonds. The van der Waals surface area contributed by atoms with Gasteiger partial charge in [-0.3, -0.25) is 4.72 Å². The van der Waals surface area contributed by atoms with Crippen LogP contribution >= 0.6 is 0 Å². The molecule has 0 aliphatic carbocycles. The lowest BCUT2D eigenvalue weighted by molar-refractivity contribution is 0.253. The summed E-state index contributed by atoms with van der Waals surface area (Å²) in [4.78, 5) is 3.35. The van der Waals surface area contributed by atoms with Crippen LogP contribution < -0.4 is 9.46 Å². The molecular weight excluding hydrogens is 470 g/mol. The molecule has 4 aromatic rings. The molecule has 0 saturated carbocycles. The molecule has 0 radical (unpaired) electrons. The minimum atomic E-state index is -4.44. The third-order valence-electron chi connectivity index (χ3n) is 4.42. The van der Waals surface area contributed by atoms with Crippen LogP contribution in [0.15, 0.2) is 47.5 Å². The van der Waals surface area contributed by atoms with E-state index >= 15 is 0 Å². The highest BCUT2D eigenvalue weighted by Crippen LogP contribution is 2.30. The van der Waals surface area contributed by atoms with Gasteiger partial charge in [-0.05, 0) is 43.2 Å². The number of nitrogens with zero attached hydrogens (tertiary/aromatic N) is 5. The minimum absolute atomic E-state index is 0.0799. The van der Waals surface area contributed by atoms with Gasteiger partial charge in [0.2, 0.25) is 11.7 Å². The van der Waals surface area contributed by atoms with E-state index in [0.29, 0.717) is 23.0 Å². The number of nitrogens with one attached hydrogen (secondary N) is 1. The molecule has 1 aromatic carbocycles. The van der Waals surface area contributed by atoms with E-state index in [-0.39, 0.29) is 17.4 Å². The maximum absolute atomic E-state index is 14.1. The van der Waals surface area contributed by atoms with Crippen molar-refractivity contribution in [3.05, 3.63) is 60.1 Å². The Morgan fingerprint density at radius 1 is 1.18 bits per heavy atom. The van der Waals surface area contributed by atoms with Crippen LogP contribution in [0.25, 0.3) is 16.9 Å². The summed E-state index contributed by atoms with van der Waals surface area (Å²) in [6, 6.07) is 6.73. The van der Waals surface area contributed by atoms with E-state index in [2.05, 4.69) is 36.8 Å². The number of anilines is 1. The van der Waals surface area contributed by atoms with Gasteiger partial charge in [0.05, 0.1) is 12.8 Å². The summed E-state index contributed by atoms with van der Waals surface area (Å²) in [5.41, 5.74) is 1.04. The van der Waals surface area contributed by atoms with Crippen molar-refractivity contribution in [2.75, 3.05) is 11.8 Å². The Hall–Kier alpha value is -4.15. The molecule has 0 saturated heterocycles. The van der Waals surface area contributed by atoms with Gasteiger partial charge in [-0.2, -0.15) is 9.61 Å². The Morgan fingerprint density at radius 2 is 1.97 bits per heavy atom. The molecule has 1 unspecified atom stereocenters. The number of hydrogen-bond acceptors (Lipinski definition) is 8. The maximum Gasteiger partial charge on any atom is 0.264 e. The molecule has 4 rings (SSSR count). The first kappa shape index (κ1) is 23.0. The van der Waals surface area contributed by atoms with E-state index in [4.69, 9.17) is 4.74 Å². The molecule has 0 fully saturated rings. The summed E-state index contributed by atoms with van der Waals surface area (Å²) in [7, 11) is -3.15. The lowest BCUT2D eigenvalue weighted by Crippen LogP contribution is -2.16. The number of aliphatic hydroxyl groups excluding tert-OH is 1. The van der Waals surface area contributed by atoms with Crippen molar-refractivity contribution in [2.24, 2.45) is 0 Å². The highest BCUT2D eigenvalue weighted by Gasteiger charge is 2.22. The molecule has 3 heterocycles. The van der Waals surface area contributed by atoms with Crippen LogP contribution in [-0.4, -0.2) is 51.5 Å². The smallest absolute Gasteiger partial charge is 0.264 e. The highest BCUT2D eigenvalue weighted by atomic mass is 32.2. The zero-order valence-electron chi connectivity index (χ0n) is 17.7. The standard InChI is InChI=1S/C21H16F2N6O4S/c1-12(30)3-7-19-25-26-20-8-5-16(27-29(19)20)13-9-17(21(33-2)24-11-13)28-34(31,32)18-6-4-14(22)10-15(18)23/h4-6,8-12,28,30H,1-2H3. The van der Waals surface area contributed by atoms with Crippen molar-refractivity contribution >= 4 is 21.4 Å². The first-order valence-electron chi connectivity index (χ1n) is 9.62. The first-order chi connectivity index (χ1) is 16.2. The predicted octanol–water partition coefficient (Wildman–Crippen LogP) is 2.01. The minimum Gasteiger partial charge on any atom is -0.480 e. The number of sulfonamides is 1. The summed E-state index contributed by atoms with van der Waals surface area (Å²) in [5, 5.41) is 21.6. The Balaban J connectivity index is 1.75. The summed E-state index contributed by atoms with van der Waals surface area (Å²) >= 11 is 0. The van der Waals surface area contributed by atoms with Gasteiger partial charge >= 0.3 is 0 Å². The number of fused-ring (bicyclic) bond motifs is 1. The van der Waals surface area contributed by atoms with E-state index in [1.807, 2.05) is 0 Å².